The molecule has 5 aromatic rings. The summed E-state index contributed by atoms with van der Waals surface area (Å²) in [6.45, 7) is 0.873. The van der Waals surface area contributed by atoms with Crippen LogP contribution in [0.3, 0.4) is 0 Å². The summed E-state index contributed by atoms with van der Waals surface area (Å²) in [6.07, 6.45) is 1.82. The Labute approximate surface area is 211 Å². The first-order valence-corrected chi connectivity index (χ1v) is 11.9. The molecule has 0 amide bonds. The molecule has 0 atom stereocenters. The molecule has 7 heteroatoms. The molecule has 0 spiro atoms. The summed E-state index contributed by atoms with van der Waals surface area (Å²) in [5, 5.41) is 5.57. The van der Waals surface area contributed by atoms with Crippen molar-refractivity contribution >= 4 is 33.2 Å². The molecule has 0 aliphatic heterocycles. The highest BCUT2D eigenvalue weighted by atomic mass is 79.9. The smallest absolute Gasteiger partial charge is 0.163 e. The van der Waals surface area contributed by atoms with E-state index in [4.69, 9.17) is 26.2 Å². The number of methoxy groups -OCH3 is 1. The van der Waals surface area contributed by atoms with Crippen LogP contribution in [0.5, 0.6) is 5.75 Å². The first-order valence-electron chi connectivity index (χ1n) is 10.7. The Hall–Kier alpha value is -3.19. The number of rotatable bonds is 7. The third-order valence-electron chi connectivity index (χ3n) is 5.47. The molecule has 0 bridgehead atoms. The molecule has 170 valence electrons. The van der Waals surface area contributed by atoms with Crippen LogP contribution in [0, 0.1) is 0 Å². The van der Waals surface area contributed by atoms with Gasteiger partial charge in [-0.25, -0.2) is 9.50 Å². The summed E-state index contributed by atoms with van der Waals surface area (Å²) >= 11 is 9.46. The number of aromatic nitrogens is 3. The average Bonchev–Trinajstić information content (AvgIpc) is 3.23. The summed E-state index contributed by atoms with van der Waals surface area (Å²) < 4.78 is 14.3. The number of nitrogens with zero attached hydrogens (tertiary/aromatic N) is 3. The van der Waals surface area contributed by atoms with E-state index in [1.807, 2.05) is 77.4 Å². The van der Waals surface area contributed by atoms with Crippen molar-refractivity contribution in [3.05, 3.63) is 106 Å². The molecule has 0 aliphatic rings. The molecule has 0 radical (unpaired) electrons. The van der Waals surface area contributed by atoms with Crippen molar-refractivity contribution in [1.82, 2.24) is 14.6 Å². The summed E-state index contributed by atoms with van der Waals surface area (Å²) in [5.41, 5.74) is 6.66. The highest BCUT2D eigenvalue weighted by Gasteiger charge is 2.18. The SMILES string of the molecule is COCc1nn2c(-c3ccc(OCc4ccc(Cl)cc4)cc3)ccnc2c1-c1ccc(Br)cc1. The van der Waals surface area contributed by atoms with Gasteiger partial charge in [0.05, 0.1) is 23.6 Å². The van der Waals surface area contributed by atoms with Gasteiger partial charge in [0.15, 0.2) is 5.65 Å². The minimum atomic E-state index is 0.395. The van der Waals surface area contributed by atoms with Gasteiger partial charge < -0.3 is 9.47 Å². The number of halogens is 2. The molecule has 0 saturated heterocycles. The fourth-order valence-corrected chi connectivity index (χ4v) is 4.22. The minimum Gasteiger partial charge on any atom is -0.489 e. The number of hydrogen-bond donors (Lipinski definition) is 0. The molecule has 2 aromatic heterocycles. The Kier molecular flexibility index (Phi) is 6.63. The van der Waals surface area contributed by atoms with Crippen LogP contribution in [-0.4, -0.2) is 21.7 Å². The molecule has 0 unspecified atom stereocenters. The molecule has 0 N–H and O–H groups in total. The summed E-state index contributed by atoms with van der Waals surface area (Å²) in [4.78, 5) is 4.65. The van der Waals surface area contributed by atoms with Gasteiger partial charge in [-0.15, -0.1) is 0 Å². The van der Waals surface area contributed by atoms with E-state index < -0.39 is 0 Å². The van der Waals surface area contributed by atoms with Crippen LogP contribution in [-0.2, 0) is 18.0 Å². The van der Waals surface area contributed by atoms with Crippen LogP contribution < -0.4 is 4.74 Å². The molecule has 2 heterocycles. The number of ether oxygens (including phenoxy) is 2. The van der Waals surface area contributed by atoms with E-state index >= 15 is 0 Å². The Morgan fingerprint density at radius 2 is 1.56 bits per heavy atom. The van der Waals surface area contributed by atoms with Crippen LogP contribution in [0.25, 0.3) is 28.0 Å². The summed E-state index contributed by atoms with van der Waals surface area (Å²) in [7, 11) is 1.67. The van der Waals surface area contributed by atoms with Crippen molar-refractivity contribution in [3.8, 4) is 28.1 Å². The minimum absolute atomic E-state index is 0.395. The van der Waals surface area contributed by atoms with Crippen LogP contribution in [0.15, 0.2) is 89.5 Å². The van der Waals surface area contributed by atoms with E-state index in [2.05, 4.69) is 33.0 Å². The molecule has 5 nitrogen and oxygen atoms in total. The topological polar surface area (TPSA) is 48.7 Å². The number of fused-ring (bicyclic) bond motifs is 1. The first kappa shape index (κ1) is 22.6. The highest BCUT2D eigenvalue weighted by Crippen LogP contribution is 2.32. The Morgan fingerprint density at radius 1 is 0.853 bits per heavy atom. The quantitative estimate of drug-likeness (QED) is 0.221. The van der Waals surface area contributed by atoms with Crippen molar-refractivity contribution < 1.29 is 9.47 Å². The Bertz CT molecular complexity index is 1420. The summed E-state index contributed by atoms with van der Waals surface area (Å²) in [6, 6.07) is 25.8. The average molecular weight is 535 g/mol. The van der Waals surface area contributed by atoms with E-state index in [-0.39, 0.29) is 0 Å². The van der Waals surface area contributed by atoms with E-state index in [0.717, 1.165) is 49.5 Å². The van der Waals surface area contributed by atoms with Crippen molar-refractivity contribution in [2.75, 3.05) is 7.11 Å². The summed E-state index contributed by atoms with van der Waals surface area (Å²) in [5.74, 6) is 0.792. The lowest BCUT2D eigenvalue weighted by Gasteiger charge is -2.09. The molecule has 3 aromatic carbocycles. The lowest BCUT2D eigenvalue weighted by atomic mass is 10.1. The lowest BCUT2D eigenvalue weighted by Crippen LogP contribution is -1.97. The second kappa shape index (κ2) is 9.97. The fraction of sp³-hybridized carbons (Fsp3) is 0.111. The Balaban J connectivity index is 1.47. The van der Waals surface area contributed by atoms with Gasteiger partial charge >= 0.3 is 0 Å². The van der Waals surface area contributed by atoms with Crippen LogP contribution in [0.4, 0.5) is 0 Å². The van der Waals surface area contributed by atoms with E-state index in [0.29, 0.717) is 18.2 Å². The predicted octanol–water partition coefficient (Wildman–Crippen LogP) is 7.20. The molecule has 5 rings (SSSR count). The van der Waals surface area contributed by atoms with Crippen LogP contribution in [0.1, 0.15) is 11.3 Å². The standard InChI is InChI=1S/C27H21BrClN3O2/c1-33-17-24-26(20-4-8-21(28)9-5-20)27-30-15-14-25(32(27)31-24)19-6-12-23(13-7-19)34-16-18-2-10-22(29)11-3-18/h2-15H,16-17H2,1H3. The van der Waals surface area contributed by atoms with Crippen molar-refractivity contribution in [2.45, 2.75) is 13.2 Å². The largest absolute Gasteiger partial charge is 0.489 e. The van der Waals surface area contributed by atoms with Gasteiger partial charge in [-0.1, -0.05) is 51.8 Å². The monoisotopic (exact) mass is 533 g/mol. The van der Waals surface area contributed by atoms with E-state index in [9.17, 15) is 0 Å². The van der Waals surface area contributed by atoms with Crippen molar-refractivity contribution in [1.29, 1.82) is 0 Å². The van der Waals surface area contributed by atoms with Gasteiger partial charge in [0, 0.05) is 28.4 Å². The maximum absolute atomic E-state index is 5.95. The zero-order valence-electron chi connectivity index (χ0n) is 18.4. The van der Waals surface area contributed by atoms with Crippen LogP contribution in [0.2, 0.25) is 5.02 Å². The zero-order chi connectivity index (χ0) is 23.5. The maximum Gasteiger partial charge on any atom is 0.163 e. The van der Waals surface area contributed by atoms with Gasteiger partial charge in [-0.3, -0.25) is 0 Å². The molecular weight excluding hydrogens is 514 g/mol. The first-order chi connectivity index (χ1) is 16.6. The second-order valence-corrected chi connectivity index (χ2v) is 9.12. The van der Waals surface area contributed by atoms with Crippen molar-refractivity contribution in [2.24, 2.45) is 0 Å². The molecular formula is C27H21BrClN3O2. The van der Waals surface area contributed by atoms with Gasteiger partial charge in [0.2, 0.25) is 0 Å². The van der Waals surface area contributed by atoms with Gasteiger partial charge in [0.25, 0.3) is 0 Å². The molecule has 34 heavy (non-hydrogen) atoms. The molecule has 0 fully saturated rings. The van der Waals surface area contributed by atoms with Crippen molar-refractivity contribution in [3.63, 3.8) is 0 Å². The van der Waals surface area contributed by atoms with Gasteiger partial charge in [-0.05, 0) is 65.7 Å². The van der Waals surface area contributed by atoms with Gasteiger partial charge in [-0.2, -0.15) is 5.10 Å². The van der Waals surface area contributed by atoms with E-state index in [1.54, 1.807) is 7.11 Å². The van der Waals surface area contributed by atoms with Crippen LogP contribution >= 0.6 is 27.5 Å². The lowest BCUT2D eigenvalue weighted by molar-refractivity contribution is 0.181. The number of hydrogen-bond acceptors (Lipinski definition) is 4. The molecule has 0 aliphatic carbocycles. The molecule has 0 saturated carbocycles. The third kappa shape index (κ3) is 4.71. The third-order valence-corrected chi connectivity index (χ3v) is 6.25. The normalized spacial score (nSPS) is 11.1. The van der Waals surface area contributed by atoms with E-state index in [1.165, 1.54) is 0 Å². The fourth-order valence-electron chi connectivity index (χ4n) is 3.83. The zero-order valence-corrected chi connectivity index (χ0v) is 20.8. The van der Waals surface area contributed by atoms with Gasteiger partial charge in [0.1, 0.15) is 12.4 Å². The second-order valence-electron chi connectivity index (χ2n) is 7.77. The predicted molar refractivity (Wildman–Crippen MR) is 138 cm³/mol. The Morgan fingerprint density at radius 3 is 2.26 bits per heavy atom. The maximum atomic E-state index is 5.95. The highest BCUT2D eigenvalue weighted by molar-refractivity contribution is 9.10. The number of benzene rings is 3.